The van der Waals surface area contributed by atoms with Gasteiger partial charge in [-0.05, 0) is 23.6 Å². The first-order valence-electron chi connectivity index (χ1n) is 7.50. The van der Waals surface area contributed by atoms with Crippen LogP contribution in [-0.2, 0) is 9.59 Å². The first kappa shape index (κ1) is 16.1. The molecule has 1 fully saturated rings. The van der Waals surface area contributed by atoms with E-state index < -0.39 is 6.04 Å². The van der Waals surface area contributed by atoms with E-state index in [1.807, 2.05) is 6.07 Å². The molecule has 24 heavy (non-hydrogen) atoms. The van der Waals surface area contributed by atoms with E-state index >= 15 is 0 Å². The van der Waals surface area contributed by atoms with Gasteiger partial charge in [0.1, 0.15) is 6.04 Å². The molecule has 5 nitrogen and oxygen atoms in total. The normalized spacial score (nSPS) is 17.2. The van der Waals surface area contributed by atoms with Crippen molar-refractivity contribution in [2.45, 2.75) is 12.5 Å². The van der Waals surface area contributed by atoms with E-state index in [4.69, 9.17) is 0 Å². The van der Waals surface area contributed by atoms with Crippen molar-refractivity contribution in [3.05, 3.63) is 65.4 Å². The molecule has 0 aliphatic carbocycles. The smallest absolute Gasteiger partial charge is 0.264 e. The van der Waals surface area contributed by atoms with Crippen LogP contribution >= 0.6 is 11.3 Å². The van der Waals surface area contributed by atoms with Crippen LogP contribution in [0.3, 0.4) is 0 Å². The van der Waals surface area contributed by atoms with Crippen molar-refractivity contribution >= 4 is 34.7 Å². The van der Waals surface area contributed by atoms with Gasteiger partial charge in [0.05, 0.1) is 17.0 Å². The largest absolute Gasteiger partial charge is 0.322 e. The van der Waals surface area contributed by atoms with Crippen molar-refractivity contribution in [2.75, 3.05) is 11.4 Å². The summed E-state index contributed by atoms with van der Waals surface area (Å²) in [6.45, 7) is 3.87. The lowest BCUT2D eigenvalue weighted by Gasteiger charge is -2.26. The highest BCUT2D eigenvalue weighted by atomic mass is 32.1. The highest BCUT2D eigenvalue weighted by Crippen LogP contribution is 2.27. The van der Waals surface area contributed by atoms with E-state index in [0.717, 1.165) is 4.90 Å². The van der Waals surface area contributed by atoms with Crippen molar-refractivity contribution in [2.24, 2.45) is 0 Å². The molecule has 1 aliphatic heterocycles. The van der Waals surface area contributed by atoms with E-state index in [1.54, 1.807) is 47.9 Å². The molecule has 3 rings (SSSR count). The Bertz CT molecular complexity index is 771. The van der Waals surface area contributed by atoms with E-state index in [1.165, 1.54) is 16.2 Å². The molecular weight excluding hydrogens is 324 g/mol. The zero-order valence-electron chi connectivity index (χ0n) is 12.9. The molecule has 1 aromatic carbocycles. The first-order valence-corrected chi connectivity index (χ1v) is 8.38. The van der Waals surface area contributed by atoms with Crippen LogP contribution in [-0.4, -0.2) is 35.2 Å². The van der Waals surface area contributed by atoms with Gasteiger partial charge in [-0.2, -0.15) is 0 Å². The molecule has 1 atom stereocenters. The highest BCUT2D eigenvalue weighted by molar-refractivity contribution is 7.12. The fourth-order valence-corrected chi connectivity index (χ4v) is 3.42. The predicted octanol–water partition coefficient (Wildman–Crippen LogP) is 2.71. The molecule has 0 radical (unpaired) electrons. The molecule has 122 valence electrons. The minimum absolute atomic E-state index is 0.0152. The van der Waals surface area contributed by atoms with Crippen LogP contribution in [0.5, 0.6) is 0 Å². The summed E-state index contributed by atoms with van der Waals surface area (Å²) in [6, 6.07) is 11.4. The van der Waals surface area contributed by atoms with Gasteiger partial charge >= 0.3 is 0 Å². The van der Waals surface area contributed by atoms with Gasteiger partial charge in [0.25, 0.3) is 11.8 Å². The summed E-state index contributed by atoms with van der Waals surface area (Å²) in [4.78, 5) is 40.9. The average molecular weight is 340 g/mol. The standard InChI is InChI=1S/C18H16N2O3S/c1-2-10-19(18(23)15-9-6-11-24-15)14-12-16(21)20(17(14)22)13-7-4-3-5-8-13/h2-9,11,14H,1,10,12H2. The Balaban J connectivity index is 1.90. The first-order chi connectivity index (χ1) is 11.6. The number of nitrogens with zero attached hydrogens (tertiary/aromatic N) is 2. The Labute approximate surface area is 143 Å². The van der Waals surface area contributed by atoms with Gasteiger partial charge in [-0.15, -0.1) is 17.9 Å². The lowest BCUT2D eigenvalue weighted by atomic mass is 10.2. The minimum Gasteiger partial charge on any atom is -0.322 e. The molecular formula is C18H16N2O3S. The number of thiophene rings is 1. The summed E-state index contributed by atoms with van der Waals surface area (Å²) >= 11 is 1.31. The number of imide groups is 1. The monoisotopic (exact) mass is 340 g/mol. The summed E-state index contributed by atoms with van der Waals surface area (Å²) in [5.74, 6) is -0.937. The van der Waals surface area contributed by atoms with Crippen molar-refractivity contribution in [1.82, 2.24) is 4.90 Å². The molecule has 1 aliphatic rings. The molecule has 0 bridgehead atoms. The third kappa shape index (κ3) is 2.88. The topological polar surface area (TPSA) is 57.7 Å². The number of para-hydroxylation sites is 1. The summed E-state index contributed by atoms with van der Waals surface area (Å²) < 4.78 is 0. The molecule has 6 heteroatoms. The number of amides is 3. The van der Waals surface area contributed by atoms with Gasteiger partial charge in [-0.1, -0.05) is 30.3 Å². The zero-order valence-corrected chi connectivity index (χ0v) is 13.7. The van der Waals surface area contributed by atoms with Crippen LogP contribution in [0.15, 0.2) is 60.5 Å². The van der Waals surface area contributed by atoms with Gasteiger partial charge in [-0.3, -0.25) is 14.4 Å². The molecule has 2 heterocycles. The fourth-order valence-electron chi connectivity index (χ4n) is 2.74. The number of benzene rings is 1. The van der Waals surface area contributed by atoms with Gasteiger partial charge in [-0.25, -0.2) is 4.90 Å². The third-order valence-corrected chi connectivity index (χ3v) is 4.69. The van der Waals surface area contributed by atoms with Gasteiger partial charge in [0.15, 0.2) is 0 Å². The second-order valence-electron chi connectivity index (χ2n) is 5.35. The molecule has 0 spiro atoms. The summed E-state index contributed by atoms with van der Waals surface area (Å²) in [5, 5.41) is 1.80. The zero-order chi connectivity index (χ0) is 17.1. The SMILES string of the molecule is C=CCN(C(=O)c1cccs1)C1CC(=O)N(c2ccccc2)C1=O. The summed E-state index contributed by atoms with van der Waals surface area (Å²) in [5.41, 5.74) is 0.525. The number of rotatable bonds is 5. The van der Waals surface area contributed by atoms with Crippen molar-refractivity contribution in [3.63, 3.8) is 0 Å². The van der Waals surface area contributed by atoms with Crippen LogP contribution < -0.4 is 4.90 Å². The summed E-state index contributed by atoms with van der Waals surface area (Å²) in [7, 11) is 0. The maximum Gasteiger partial charge on any atom is 0.264 e. The molecule has 2 aromatic rings. The van der Waals surface area contributed by atoms with E-state index in [9.17, 15) is 14.4 Å². The van der Waals surface area contributed by atoms with Crippen LogP contribution in [0.4, 0.5) is 5.69 Å². The number of carbonyl (C=O) groups is 3. The lowest BCUT2D eigenvalue weighted by molar-refractivity contribution is -0.122. The Hall–Kier alpha value is -2.73. The van der Waals surface area contributed by atoms with Crippen LogP contribution in [0.25, 0.3) is 0 Å². The molecule has 1 unspecified atom stereocenters. The number of anilines is 1. The van der Waals surface area contributed by atoms with Crippen molar-refractivity contribution in [3.8, 4) is 0 Å². The molecule has 1 aromatic heterocycles. The lowest BCUT2D eigenvalue weighted by Crippen LogP contribution is -2.45. The summed E-state index contributed by atoms with van der Waals surface area (Å²) in [6.07, 6.45) is 1.55. The maximum absolute atomic E-state index is 12.8. The van der Waals surface area contributed by atoms with Crippen LogP contribution in [0.2, 0.25) is 0 Å². The quantitative estimate of drug-likeness (QED) is 0.621. The highest BCUT2D eigenvalue weighted by Gasteiger charge is 2.44. The molecule has 3 amide bonds. The molecule has 0 N–H and O–H groups in total. The van der Waals surface area contributed by atoms with E-state index in [2.05, 4.69) is 6.58 Å². The Morgan fingerprint density at radius 2 is 2.00 bits per heavy atom. The van der Waals surface area contributed by atoms with Gasteiger partial charge in [0, 0.05) is 6.54 Å². The minimum atomic E-state index is -0.801. The van der Waals surface area contributed by atoms with Crippen LogP contribution in [0.1, 0.15) is 16.1 Å². The third-order valence-electron chi connectivity index (χ3n) is 3.83. The Morgan fingerprint density at radius 1 is 1.25 bits per heavy atom. The van der Waals surface area contributed by atoms with E-state index in [-0.39, 0.29) is 30.7 Å². The molecule has 1 saturated heterocycles. The predicted molar refractivity (Wildman–Crippen MR) is 92.9 cm³/mol. The maximum atomic E-state index is 12.8. The molecule has 0 saturated carbocycles. The average Bonchev–Trinajstić information content (AvgIpc) is 3.21. The Kier molecular flexibility index (Phi) is 4.57. The van der Waals surface area contributed by atoms with Crippen LogP contribution in [0, 0.1) is 0 Å². The number of hydrogen-bond acceptors (Lipinski definition) is 4. The second kappa shape index (κ2) is 6.80. The van der Waals surface area contributed by atoms with Crippen molar-refractivity contribution in [1.29, 1.82) is 0 Å². The van der Waals surface area contributed by atoms with E-state index in [0.29, 0.717) is 10.6 Å². The Morgan fingerprint density at radius 3 is 2.62 bits per heavy atom. The van der Waals surface area contributed by atoms with Gasteiger partial charge < -0.3 is 4.90 Å². The number of hydrogen-bond donors (Lipinski definition) is 0. The van der Waals surface area contributed by atoms with Gasteiger partial charge in [0.2, 0.25) is 5.91 Å². The second-order valence-corrected chi connectivity index (χ2v) is 6.29. The van der Waals surface area contributed by atoms with Crippen molar-refractivity contribution < 1.29 is 14.4 Å². The fraction of sp³-hybridized carbons (Fsp3) is 0.167. The number of carbonyl (C=O) groups excluding carboxylic acids is 3.